The molecule has 2 rings (SSSR count). The van der Waals surface area contributed by atoms with Crippen molar-refractivity contribution in [3.05, 3.63) is 50.7 Å². The molecule has 0 saturated carbocycles. The Kier molecular flexibility index (Phi) is 3.70. The summed E-state index contributed by atoms with van der Waals surface area (Å²) in [5.74, 6) is 0.676. The Bertz CT molecular complexity index is 607. The minimum absolute atomic E-state index is 0.256. The topological polar surface area (TPSA) is 42.2 Å². The van der Waals surface area contributed by atoms with Crippen molar-refractivity contribution in [3.63, 3.8) is 0 Å². The molecule has 0 atom stereocenters. The lowest BCUT2D eigenvalue weighted by atomic mass is 10.2. The van der Waals surface area contributed by atoms with Crippen molar-refractivity contribution in [2.24, 2.45) is 0 Å². The van der Waals surface area contributed by atoms with E-state index < -0.39 is 0 Å². The van der Waals surface area contributed by atoms with Crippen LogP contribution in [0.4, 0.5) is 10.1 Å². The Balaban J connectivity index is 2.24. The first kappa shape index (κ1) is 13.1. The molecule has 0 aliphatic heterocycles. The zero-order valence-electron chi connectivity index (χ0n) is 9.88. The van der Waals surface area contributed by atoms with E-state index in [1.54, 1.807) is 19.9 Å². The van der Waals surface area contributed by atoms with Crippen LogP contribution in [0.2, 0.25) is 0 Å². The maximum Gasteiger partial charge on any atom is 0.259 e. The number of hydrogen-bond acceptors (Lipinski definition) is 2. The highest BCUT2D eigenvalue weighted by Crippen LogP contribution is 2.21. The third kappa shape index (κ3) is 2.72. The predicted molar refractivity (Wildman–Crippen MR) is 75.3 cm³/mol. The Labute approximate surface area is 118 Å². The van der Waals surface area contributed by atoms with E-state index in [0.717, 1.165) is 0 Å². The normalized spacial score (nSPS) is 10.4. The number of rotatable bonds is 2. The van der Waals surface area contributed by atoms with E-state index in [9.17, 15) is 9.18 Å². The highest BCUT2D eigenvalue weighted by molar-refractivity contribution is 14.1. The van der Waals surface area contributed by atoms with Crippen LogP contribution in [0.1, 0.15) is 21.9 Å². The number of amides is 1. The zero-order valence-corrected chi connectivity index (χ0v) is 12.0. The summed E-state index contributed by atoms with van der Waals surface area (Å²) in [7, 11) is 0. The van der Waals surface area contributed by atoms with Crippen LogP contribution in [-0.4, -0.2) is 5.91 Å². The summed E-state index contributed by atoms with van der Waals surface area (Å²) >= 11 is 1.97. The van der Waals surface area contributed by atoms with Gasteiger partial charge in [0.05, 0.1) is 11.3 Å². The largest absolute Gasteiger partial charge is 0.466 e. The van der Waals surface area contributed by atoms with E-state index in [1.165, 1.54) is 18.2 Å². The van der Waals surface area contributed by atoms with Crippen molar-refractivity contribution in [2.75, 3.05) is 5.32 Å². The molecule has 1 heterocycles. The van der Waals surface area contributed by atoms with E-state index in [4.69, 9.17) is 4.42 Å². The average molecular weight is 359 g/mol. The molecule has 5 heteroatoms. The first-order valence-corrected chi connectivity index (χ1v) is 6.38. The molecule has 0 bridgehead atoms. The van der Waals surface area contributed by atoms with Crippen LogP contribution in [-0.2, 0) is 0 Å². The lowest BCUT2D eigenvalue weighted by molar-refractivity contribution is 0.102. The van der Waals surface area contributed by atoms with Gasteiger partial charge in [0.15, 0.2) is 0 Å². The highest BCUT2D eigenvalue weighted by atomic mass is 127. The Hall–Kier alpha value is -1.37. The molecule has 3 nitrogen and oxygen atoms in total. The molecule has 1 amide bonds. The number of aryl methyl sites for hydroxylation is 2. The molecule has 0 radical (unpaired) electrons. The van der Waals surface area contributed by atoms with Crippen LogP contribution >= 0.6 is 22.6 Å². The second-order valence-electron chi connectivity index (χ2n) is 3.91. The molecule has 1 aromatic heterocycles. The maximum atomic E-state index is 12.9. The smallest absolute Gasteiger partial charge is 0.259 e. The van der Waals surface area contributed by atoms with E-state index in [0.29, 0.717) is 26.3 Å². The van der Waals surface area contributed by atoms with Crippen molar-refractivity contribution in [3.8, 4) is 0 Å². The lowest BCUT2D eigenvalue weighted by Crippen LogP contribution is -2.13. The van der Waals surface area contributed by atoms with Gasteiger partial charge in [-0.1, -0.05) is 0 Å². The Morgan fingerprint density at radius 2 is 2.06 bits per heavy atom. The SMILES string of the molecule is Cc1cc(C(=O)Nc2ccc(F)cc2I)c(C)o1. The number of anilines is 1. The third-order valence-electron chi connectivity index (χ3n) is 2.46. The molecule has 1 N–H and O–H groups in total. The molecule has 94 valence electrons. The molecular formula is C13H11FINO2. The molecule has 0 saturated heterocycles. The number of halogens is 2. The van der Waals surface area contributed by atoms with Crippen molar-refractivity contribution in [1.29, 1.82) is 0 Å². The van der Waals surface area contributed by atoms with Crippen molar-refractivity contribution < 1.29 is 13.6 Å². The lowest BCUT2D eigenvalue weighted by Gasteiger charge is -2.06. The van der Waals surface area contributed by atoms with E-state index in [1.807, 2.05) is 22.6 Å². The quantitative estimate of drug-likeness (QED) is 0.827. The molecular weight excluding hydrogens is 348 g/mol. The standard InChI is InChI=1S/C13H11FINO2/c1-7-5-10(8(2)18-7)13(17)16-12-4-3-9(14)6-11(12)15/h3-6H,1-2H3,(H,16,17). The summed E-state index contributed by atoms with van der Waals surface area (Å²) in [6.07, 6.45) is 0. The second kappa shape index (κ2) is 5.09. The fraction of sp³-hybridized carbons (Fsp3) is 0.154. The van der Waals surface area contributed by atoms with Gasteiger partial charge >= 0.3 is 0 Å². The first-order valence-electron chi connectivity index (χ1n) is 5.31. The Morgan fingerprint density at radius 3 is 2.61 bits per heavy atom. The van der Waals surface area contributed by atoms with E-state index >= 15 is 0 Å². The first-order chi connectivity index (χ1) is 8.47. The van der Waals surface area contributed by atoms with Gasteiger partial charge in [-0.2, -0.15) is 0 Å². The van der Waals surface area contributed by atoms with Crippen LogP contribution in [0.25, 0.3) is 0 Å². The van der Waals surface area contributed by atoms with Crippen molar-refractivity contribution in [2.45, 2.75) is 13.8 Å². The van der Waals surface area contributed by atoms with Gasteiger partial charge in [-0.15, -0.1) is 0 Å². The number of nitrogens with one attached hydrogen (secondary N) is 1. The van der Waals surface area contributed by atoms with Gasteiger partial charge in [-0.25, -0.2) is 4.39 Å². The van der Waals surface area contributed by atoms with Gasteiger partial charge in [-0.05, 0) is 60.7 Å². The number of carbonyl (C=O) groups excluding carboxylic acids is 1. The molecule has 18 heavy (non-hydrogen) atoms. The second-order valence-corrected chi connectivity index (χ2v) is 5.07. The summed E-state index contributed by atoms with van der Waals surface area (Å²) in [6, 6.07) is 5.90. The maximum absolute atomic E-state index is 12.9. The fourth-order valence-electron chi connectivity index (χ4n) is 1.64. The third-order valence-corrected chi connectivity index (χ3v) is 3.36. The molecule has 0 spiro atoms. The highest BCUT2D eigenvalue weighted by Gasteiger charge is 2.14. The van der Waals surface area contributed by atoms with Crippen molar-refractivity contribution >= 4 is 34.2 Å². The monoisotopic (exact) mass is 359 g/mol. The van der Waals surface area contributed by atoms with E-state index in [2.05, 4.69) is 5.32 Å². The number of benzene rings is 1. The molecule has 0 unspecified atom stereocenters. The number of hydrogen-bond donors (Lipinski definition) is 1. The van der Waals surface area contributed by atoms with Crippen LogP contribution in [0, 0.1) is 23.2 Å². The van der Waals surface area contributed by atoms with Crippen LogP contribution in [0.5, 0.6) is 0 Å². The van der Waals surface area contributed by atoms with E-state index in [-0.39, 0.29) is 11.7 Å². The molecule has 0 fully saturated rings. The number of carbonyl (C=O) groups is 1. The zero-order chi connectivity index (χ0) is 13.3. The minimum Gasteiger partial charge on any atom is -0.466 e. The summed E-state index contributed by atoms with van der Waals surface area (Å²) in [4.78, 5) is 12.0. The van der Waals surface area contributed by atoms with Gasteiger partial charge in [0.25, 0.3) is 5.91 Å². The molecule has 2 aromatic rings. The summed E-state index contributed by atoms with van der Waals surface area (Å²) < 4.78 is 18.9. The number of furan rings is 1. The molecule has 0 aliphatic carbocycles. The summed E-state index contributed by atoms with van der Waals surface area (Å²) in [6.45, 7) is 3.52. The Morgan fingerprint density at radius 1 is 1.33 bits per heavy atom. The van der Waals surface area contributed by atoms with Crippen LogP contribution in [0.3, 0.4) is 0 Å². The van der Waals surface area contributed by atoms with Gasteiger partial charge in [0.2, 0.25) is 0 Å². The van der Waals surface area contributed by atoms with Gasteiger partial charge in [-0.3, -0.25) is 4.79 Å². The molecule has 0 aliphatic rings. The fourth-order valence-corrected chi connectivity index (χ4v) is 2.25. The van der Waals surface area contributed by atoms with Gasteiger partial charge in [0.1, 0.15) is 17.3 Å². The predicted octanol–water partition coefficient (Wildman–Crippen LogP) is 3.89. The van der Waals surface area contributed by atoms with Crippen LogP contribution < -0.4 is 5.32 Å². The van der Waals surface area contributed by atoms with Gasteiger partial charge in [0, 0.05) is 3.57 Å². The van der Waals surface area contributed by atoms with Gasteiger partial charge < -0.3 is 9.73 Å². The average Bonchev–Trinajstić information content (AvgIpc) is 2.62. The minimum atomic E-state index is -0.326. The van der Waals surface area contributed by atoms with Crippen LogP contribution in [0.15, 0.2) is 28.7 Å². The summed E-state index contributed by atoms with van der Waals surface area (Å²) in [5.41, 5.74) is 1.08. The summed E-state index contributed by atoms with van der Waals surface area (Å²) in [5, 5.41) is 2.73. The molecule has 1 aromatic carbocycles. The van der Waals surface area contributed by atoms with Crippen molar-refractivity contribution in [1.82, 2.24) is 0 Å².